The number of nitrogens with one attached hydrogen (secondary N) is 1. The first-order valence-corrected chi connectivity index (χ1v) is 13.7. The first-order valence-electron chi connectivity index (χ1n) is 12.5. The Morgan fingerprint density at radius 3 is 2.89 bits per heavy atom. The van der Waals surface area contributed by atoms with Crippen LogP contribution < -0.4 is 15.8 Å². The van der Waals surface area contributed by atoms with Gasteiger partial charge in [-0.25, -0.2) is 4.98 Å². The molecule has 1 fully saturated rings. The van der Waals surface area contributed by atoms with Crippen LogP contribution in [0, 0.1) is 11.3 Å². The molecule has 2 heterocycles. The highest BCUT2D eigenvalue weighted by atomic mass is 35.5. The van der Waals surface area contributed by atoms with Gasteiger partial charge in [0, 0.05) is 21.9 Å². The molecule has 1 saturated carbocycles. The minimum atomic E-state index is -0.698. The molecule has 0 aliphatic heterocycles. The summed E-state index contributed by atoms with van der Waals surface area (Å²) in [6.07, 6.45) is 8.94. The van der Waals surface area contributed by atoms with Gasteiger partial charge in [-0.15, -0.1) is 11.3 Å². The van der Waals surface area contributed by atoms with Crippen molar-refractivity contribution in [2.75, 3.05) is 13.6 Å². The van der Waals surface area contributed by atoms with Gasteiger partial charge in [-0.05, 0) is 76.9 Å². The standard InChI is InChI=1S/C27H32ClN5O2S/c1-3-18(8-4-5-13-31-2)35-22-14-21(28)32-26(33-22)24(30)19-9-6-11-27(25(19)34)12-7-10-20-23(27)17(15-29)16-36-20/h3,14,16,18,31H,1,4-13,30H2,2H3/b24-19-/t18-,27-/m0/s1. The van der Waals surface area contributed by atoms with E-state index in [1.165, 1.54) is 0 Å². The molecule has 0 aromatic carbocycles. The monoisotopic (exact) mass is 525 g/mol. The first-order chi connectivity index (χ1) is 17.4. The number of Topliss-reactive ketones (excluding diaryl/α,β-unsaturated/α-hetero) is 1. The number of aryl methyl sites for hydroxylation is 1. The van der Waals surface area contributed by atoms with E-state index in [1.54, 1.807) is 23.5 Å². The number of hydrogen-bond acceptors (Lipinski definition) is 8. The molecule has 3 N–H and O–H groups in total. The highest BCUT2D eigenvalue weighted by molar-refractivity contribution is 7.10. The lowest BCUT2D eigenvalue weighted by molar-refractivity contribution is -0.122. The minimum Gasteiger partial charge on any atom is -0.470 e. The second kappa shape index (κ2) is 11.5. The number of rotatable bonds is 9. The van der Waals surface area contributed by atoms with E-state index in [-0.39, 0.29) is 28.6 Å². The lowest BCUT2D eigenvalue weighted by atomic mass is 9.61. The molecule has 0 radical (unpaired) electrons. The Hall–Kier alpha value is -2.73. The van der Waals surface area contributed by atoms with Crippen molar-refractivity contribution in [1.82, 2.24) is 15.3 Å². The number of nitriles is 1. The van der Waals surface area contributed by atoms with E-state index in [1.807, 2.05) is 12.4 Å². The Balaban J connectivity index is 1.64. The molecule has 2 aromatic rings. The Morgan fingerprint density at radius 1 is 1.39 bits per heavy atom. The van der Waals surface area contributed by atoms with Gasteiger partial charge in [0.05, 0.1) is 16.7 Å². The molecule has 190 valence electrons. The molecule has 0 saturated heterocycles. The number of carbonyl (C=O) groups excluding carboxylic acids is 1. The quantitative estimate of drug-likeness (QED) is 0.203. The second-order valence-electron chi connectivity index (χ2n) is 9.41. The summed E-state index contributed by atoms with van der Waals surface area (Å²) < 4.78 is 6.03. The SMILES string of the molecule is C=C[C@@H](CCCCNC)Oc1cc(Cl)nc(/C(N)=C2\CCC[C@@]3(CCCc4scc(C#N)c43)C2=O)n1. The number of fused-ring (bicyclic) bond motifs is 2. The maximum absolute atomic E-state index is 14.0. The van der Waals surface area contributed by atoms with Crippen molar-refractivity contribution in [3.05, 3.63) is 56.7 Å². The maximum Gasteiger partial charge on any atom is 0.219 e. The zero-order valence-corrected chi connectivity index (χ0v) is 22.2. The van der Waals surface area contributed by atoms with Gasteiger partial charge >= 0.3 is 0 Å². The van der Waals surface area contributed by atoms with E-state index >= 15 is 0 Å². The molecule has 1 spiro atoms. The van der Waals surface area contributed by atoms with E-state index in [0.29, 0.717) is 23.4 Å². The van der Waals surface area contributed by atoms with Crippen LogP contribution in [0.4, 0.5) is 0 Å². The molecule has 2 atom stereocenters. The smallest absolute Gasteiger partial charge is 0.219 e. The summed E-state index contributed by atoms with van der Waals surface area (Å²) in [5.41, 5.74) is 8.14. The molecular formula is C27H32ClN5O2S. The third-order valence-electron chi connectivity index (χ3n) is 7.15. The van der Waals surface area contributed by atoms with Gasteiger partial charge in [-0.2, -0.15) is 10.2 Å². The molecule has 36 heavy (non-hydrogen) atoms. The van der Waals surface area contributed by atoms with Crippen LogP contribution in [0.2, 0.25) is 5.15 Å². The number of thiophene rings is 1. The average Bonchev–Trinajstić information content (AvgIpc) is 3.31. The number of carbonyl (C=O) groups is 1. The molecule has 0 unspecified atom stereocenters. The number of halogens is 1. The van der Waals surface area contributed by atoms with Crippen LogP contribution in [0.5, 0.6) is 5.88 Å². The summed E-state index contributed by atoms with van der Waals surface area (Å²) in [5.74, 6) is 0.481. The van der Waals surface area contributed by atoms with E-state index in [4.69, 9.17) is 22.1 Å². The summed E-state index contributed by atoms with van der Waals surface area (Å²) in [5, 5.41) is 14.9. The molecule has 7 nitrogen and oxygen atoms in total. The lowest BCUT2D eigenvalue weighted by Crippen LogP contribution is -2.43. The van der Waals surface area contributed by atoms with Crippen LogP contribution in [-0.2, 0) is 16.6 Å². The Morgan fingerprint density at radius 2 is 2.17 bits per heavy atom. The van der Waals surface area contributed by atoms with Gasteiger partial charge in [-0.3, -0.25) is 4.79 Å². The third kappa shape index (κ3) is 5.19. The van der Waals surface area contributed by atoms with Gasteiger partial charge in [-0.1, -0.05) is 24.3 Å². The summed E-state index contributed by atoms with van der Waals surface area (Å²) in [6, 6.07) is 3.85. The van der Waals surface area contributed by atoms with Crippen LogP contribution in [0.25, 0.3) is 5.70 Å². The number of nitrogens with two attached hydrogens (primary N) is 1. The van der Waals surface area contributed by atoms with Crippen molar-refractivity contribution in [1.29, 1.82) is 5.26 Å². The number of aromatic nitrogens is 2. The summed E-state index contributed by atoms with van der Waals surface area (Å²) in [6.45, 7) is 4.82. The normalized spacial score (nSPS) is 21.5. The van der Waals surface area contributed by atoms with Gasteiger partial charge < -0.3 is 15.8 Å². The van der Waals surface area contributed by atoms with Gasteiger partial charge in [0.2, 0.25) is 5.88 Å². The fourth-order valence-corrected chi connectivity index (χ4v) is 6.71. The van der Waals surface area contributed by atoms with Crippen LogP contribution in [-0.4, -0.2) is 35.4 Å². The minimum absolute atomic E-state index is 0.0124. The summed E-state index contributed by atoms with van der Waals surface area (Å²) in [4.78, 5) is 24.0. The number of unbranched alkanes of at least 4 members (excludes halogenated alkanes) is 1. The van der Waals surface area contributed by atoms with Crippen molar-refractivity contribution < 1.29 is 9.53 Å². The van der Waals surface area contributed by atoms with E-state index < -0.39 is 5.41 Å². The van der Waals surface area contributed by atoms with Crippen LogP contribution in [0.15, 0.2) is 29.7 Å². The van der Waals surface area contributed by atoms with Gasteiger partial charge in [0.25, 0.3) is 0 Å². The molecule has 0 bridgehead atoms. The first kappa shape index (κ1) is 26.3. The molecule has 2 aliphatic rings. The second-order valence-corrected chi connectivity index (χ2v) is 10.8. The van der Waals surface area contributed by atoms with Gasteiger partial charge in [0.15, 0.2) is 11.6 Å². The average molecular weight is 526 g/mol. The number of ether oxygens (including phenoxy) is 1. The number of ketones is 1. The molecule has 9 heteroatoms. The van der Waals surface area contributed by atoms with Crippen LogP contribution in [0.3, 0.4) is 0 Å². The van der Waals surface area contributed by atoms with E-state index in [9.17, 15) is 10.1 Å². The summed E-state index contributed by atoms with van der Waals surface area (Å²) in [7, 11) is 1.93. The van der Waals surface area contributed by atoms with Crippen LogP contribution in [0.1, 0.15) is 73.2 Å². The number of nitrogens with zero attached hydrogens (tertiary/aromatic N) is 3. The summed E-state index contributed by atoms with van der Waals surface area (Å²) >= 11 is 7.89. The van der Waals surface area contributed by atoms with E-state index in [0.717, 1.165) is 68.4 Å². The van der Waals surface area contributed by atoms with Crippen molar-refractivity contribution in [2.45, 2.75) is 69.3 Å². The zero-order valence-electron chi connectivity index (χ0n) is 20.6. The highest BCUT2D eigenvalue weighted by Gasteiger charge is 2.48. The predicted octanol–water partition coefficient (Wildman–Crippen LogP) is 5.08. The van der Waals surface area contributed by atoms with Crippen LogP contribution >= 0.6 is 22.9 Å². The molecular weight excluding hydrogens is 494 g/mol. The predicted molar refractivity (Wildman–Crippen MR) is 143 cm³/mol. The molecule has 2 aromatic heterocycles. The Kier molecular flexibility index (Phi) is 8.45. The molecule has 4 rings (SSSR count). The van der Waals surface area contributed by atoms with Crippen molar-refractivity contribution >= 4 is 34.4 Å². The highest BCUT2D eigenvalue weighted by Crippen LogP contribution is 2.50. The van der Waals surface area contributed by atoms with Crippen molar-refractivity contribution in [3.63, 3.8) is 0 Å². The van der Waals surface area contributed by atoms with Crippen molar-refractivity contribution in [3.8, 4) is 11.9 Å². The zero-order chi connectivity index (χ0) is 25.7. The largest absolute Gasteiger partial charge is 0.470 e. The third-order valence-corrected chi connectivity index (χ3v) is 8.39. The Bertz CT molecular complexity index is 1220. The number of allylic oxidation sites excluding steroid dienone is 1. The topological polar surface area (TPSA) is 114 Å². The fraction of sp³-hybridized carbons (Fsp3) is 0.481. The molecule has 0 amide bonds. The van der Waals surface area contributed by atoms with Gasteiger partial charge in [0.1, 0.15) is 17.3 Å². The lowest BCUT2D eigenvalue weighted by Gasteiger charge is -2.40. The number of hydrogen-bond donors (Lipinski definition) is 2. The van der Waals surface area contributed by atoms with E-state index in [2.05, 4.69) is 27.9 Å². The Labute approximate surface area is 221 Å². The fourth-order valence-electron chi connectivity index (χ4n) is 5.42. The maximum atomic E-state index is 14.0. The molecule has 2 aliphatic carbocycles. The van der Waals surface area contributed by atoms with Crippen molar-refractivity contribution in [2.24, 2.45) is 5.73 Å².